The summed E-state index contributed by atoms with van der Waals surface area (Å²) in [6, 6.07) is 13.8. The molecule has 6 nitrogen and oxygen atoms in total. The van der Waals surface area contributed by atoms with Crippen LogP contribution in [0.2, 0.25) is 5.02 Å². The van der Waals surface area contributed by atoms with E-state index >= 15 is 0 Å². The maximum absolute atomic E-state index is 13.0. The van der Waals surface area contributed by atoms with E-state index in [0.29, 0.717) is 26.1 Å². The number of nitrogens with one attached hydrogen (secondary N) is 1. The summed E-state index contributed by atoms with van der Waals surface area (Å²) in [6.45, 7) is 1.75. The number of likely N-dealkylation sites (tertiary alicyclic amines) is 1. The SMILES string of the molecule is [B]c1cc(S(=O)(=O)Nc2ccc(Cl)c(O[C@@H]3CCN(C)C3)c2)sc1Sc1cccc(OC)c1. The first-order chi connectivity index (χ1) is 15.7. The van der Waals surface area contributed by atoms with E-state index in [1.807, 2.05) is 31.3 Å². The number of likely N-dealkylation sites (N-methyl/N-ethyl adjacent to an activating group) is 1. The van der Waals surface area contributed by atoms with E-state index < -0.39 is 10.0 Å². The molecule has 0 unspecified atom stereocenters. The van der Waals surface area contributed by atoms with Gasteiger partial charge in [0, 0.05) is 24.1 Å². The molecular formula is C22H22BClN2O4S3. The topological polar surface area (TPSA) is 67.9 Å². The molecule has 172 valence electrons. The second kappa shape index (κ2) is 10.2. The lowest BCUT2D eigenvalue weighted by Gasteiger charge is -2.16. The standard InChI is InChI=1S/C22H22BClN2O4S3/c1-26-9-8-16(13-26)30-20-10-14(6-7-19(20)24)25-33(27,28)21-12-18(23)22(32-21)31-17-5-3-4-15(11-17)29-2/h3-7,10-12,16,25H,8-9,13H2,1-2H3/t16-/m1/s1. The number of benzene rings is 2. The number of halogens is 1. The van der Waals surface area contributed by atoms with Gasteiger partial charge in [-0.25, -0.2) is 8.42 Å². The minimum absolute atomic E-state index is 0.0210. The van der Waals surface area contributed by atoms with Gasteiger partial charge >= 0.3 is 0 Å². The van der Waals surface area contributed by atoms with Crippen LogP contribution in [0.4, 0.5) is 5.69 Å². The molecule has 2 heterocycles. The Morgan fingerprint density at radius 1 is 1.24 bits per heavy atom. The van der Waals surface area contributed by atoms with Gasteiger partial charge in [-0.1, -0.05) is 34.9 Å². The van der Waals surface area contributed by atoms with Crippen LogP contribution in [0.5, 0.6) is 11.5 Å². The number of rotatable bonds is 8. The molecular weight excluding hydrogens is 499 g/mol. The molecule has 0 amide bonds. The molecule has 1 N–H and O–H groups in total. The van der Waals surface area contributed by atoms with Gasteiger partial charge in [0.25, 0.3) is 10.0 Å². The van der Waals surface area contributed by atoms with Crippen LogP contribution in [-0.4, -0.2) is 54.5 Å². The number of sulfonamides is 1. The zero-order valence-electron chi connectivity index (χ0n) is 18.1. The Kier molecular flexibility index (Phi) is 7.50. The van der Waals surface area contributed by atoms with Gasteiger partial charge < -0.3 is 14.4 Å². The van der Waals surface area contributed by atoms with Crippen molar-refractivity contribution in [3.05, 3.63) is 53.6 Å². The van der Waals surface area contributed by atoms with E-state index in [9.17, 15) is 8.42 Å². The van der Waals surface area contributed by atoms with Crippen LogP contribution < -0.4 is 19.7 Å². The summed E-state index contributed by atoms with van der Waals surface area (Å²) in [4.78, 5) is 3.07. The minimum Gasteiger partial charge on any atom is -0.497 e. The van der Waals surface area contributed by atoms with Crippen LogP contribution in [0, 0.1) is 0 Å². The maximum Gasteiger partial charge on any atom is 0.271 e. The van der Waals surface area contributed by atoms with Crippen LogP contribution in [0.15, 0.2) is 61.8 Å². The number of thiophene rings is 1. The third kappa shape index (κ3) is 5.99. The highest BCUT2D eigenvalue weighted by Gasteiger charge is 2.23. The first-order valence-corrected chi connectivity index (χ1v) is 13.6. The number of methoxy groups -OCH3 is 1. The lowest BCUT2D eigenvalue weighted by molar-refractivity contribution is 0.208. The summed E-state index contributed by atoms with van der Waals surface area (Å²) in [7, 11) is 5.91. The lowest BCUT2D eigenvalue weighted by atomic mass is 10.0. The highest BCUT2D eigenvalue weighted by molar-refractivity contribution is 8.02. The summed E-state index contributed by atoms with van der Waals surface area (Å²) in [5.74, 6) is 1.17. The van der Waals surface area contributed by atoms with Crippen LogP contribution in [0.25, 0.3) is 0 Å². The molecule has 2 aromatic carbocycles. The molecule has 0 saturated carbocycles. The quantitative estimate of drug-likeness (QED) is 0.448. The maximum atomic E-state index is 13.0. The van der Waals surface area contributed by atoms with Crippen molar-refractivity contribution in [1.82, 2.24) is 4.90 Å². The summed E-state index contributed by atoms with van der Waals surface area (Å²) < 4.78 is 40.7. The third-order valence-electron chi connectivity index (χ3n) is 5.04. The fraction of sp³-hybridized carbons (Fsp3) is 0.273. The lowest BCUT2D eigenvalue weighted by Crippen LogP contribution is -2.21. The van der Waals surface area contributed by atoms with Crippen LogP contribution >= 0.6 is 34.7 Å². The van der Waals surface area contributed by atoms with E-state index in [4.69, 9.17) is 28.9 Å². The van der Waals surface area contributed by atoms with Gasteiger partial charge in [0.05, 0.1) is 22.0 Å². The molecule has 0 spiro atoms. The molecule has 0 bridgehead atoms. The van der Waals surface area contributed by atoms with Crippen molar-refractivity contribution >= 4 is 63.7 Å². The predicted molar refractivity (Wildman–Crippen MR) is 136 cm³/mol. The van der Waals surface area contributed by atoms with Gasteiger partial charge in [0.1, 0.15) is 29.7 Å². The molecule has 1 atom stereocenters. The zero-order valence-corrected chi connectivity index (χ0v) is 21.3. The summed E-state index contributed by atoms with van der Waals surface area (Å²) in [6.07, 6.45) is 0.915. The van der Waals surface area contributed by atoms with Crippen LogP contribution in [-0.2, 0) is 10.0 Å². The highest BCUT2D eigenvalue weighted by Crippen LogP contribution is 2.36. The van der Waals surface area contributed by atoms with Crippen molar-refractivity contribution in [2.45, 2.75) is 25.8 Å². The van der Waals surface area contributed by atoms with Crippen LogP contribution in [0.1, 0.15) is 6.42 Å². The van der Waals surface area contributed by atoms with Gasteiger partial charge in [-0.2, -0.15) is 0 Å². The van der Waals surface area contributed by atoms with Crippen molar-refractivity contribution in [3.63, 3.8) is 0 Å². The number of hydrogen-bond acceptors (Lipinski definition) is 7. The smallest absolute Gasteiger partial charge is 0.271 e. The van der Waals surface area contributed by atoms with Gasteiger partial charge in [-0.3, -0.25) is 4.72 Å². The van der Waals surface area contributed by atoms with Crippen molar-refractivity contribution < 1.29 is 17.9 Å². The molecule has 1 aliphatic rings. The van der Waals surface area contributed by atoms with E-state index in [2.05, 4.69) is 9.62 Å². The third-order valence-corrected chi connectivity index (χ3v) is 9.57. The van der Waals surface area contributed by atoms with E-state index in [0.717, 1.165) is 41.5 Å². The second-order valence-electron chi connectivity index (χ2n) is 7.63. The van der Waals surface area contributed by atoms with E-state index in [-0.39, 0.29) is 10.3 Å². The summed E-state index contributed by atoms with van der Waals surface area (Å²) in [5, 5.41) is 0.435. The van der Waals surface area contributed by atoms with Gasteiger partial charge in [-0.05, 0) is 49.9 Å². The molecule has 4 rings (SSSR count). The van der Waals surface area contributed by atoms with Gasteiger partial charge in [0.15, 0.2) is 0 Å². The number of anilines is 1. The molecule has 0 aliphatic carbocycles. The number of hydrogen-bond donors (Lipinski definition) is 1. The molecule has 11 heteroatoms. The average molecular weight is 521 g/mol. The molecule has 1 aromatic heterocycles. The Hall–Kier alpha value is -1.85. The van der Waals surface area contributed by atoms with Crippen molar-refractivity contribution in [1.29, 1.82) is 0 Å². The molecule has 1 saturated heterocycles. The molecule has 3 aromatic rings. The molecule has 1 aliphatic heterocycles. The monoisotopic (exact) mass is 520 g/mol. The molecule has 1 fully saturated rings. The first-order valence-electron chi connectivity index (χ1n) is 10.1. The Morgan fingerprint density at radius 3 is 2.79 bits per heavy atom. The Balaban J connectivity index is 1.51. The second-order valence-corrected chi connectivity index (χ2v) is 12.3. The van der Waals surface area contributed by atoms with Gasteiger partial charge in [-0.15, -0.1) is 11.3 Å². The first kappa shape index (κ1) is 24.3. The van der Waals surface area contributed by atoms with Crippen LogP contribution in [0.3, 0.4) is 0 Å². The normalized spacial score (nSPS) is 16.6. The Labute approximate surface area is 208 Å². The highest BCUT2D eigenvalue weighted by atomic mass is 35.5. The van der Waals surface area contributed by atoms with E-state index in [1.54, 1.807) is 25.3 Å². The largest absolute Gasteiger partial charge is 0.497 e. The number of ether oxygens (including phenoxy) is 2. The predicted octanol–water partition coefficient (Wildman–Crippen LogP) is 4.24. The fourth-order valence-corrected chi connectivity index (χ4v) is 7.32. The average Bonchev–Trinajstić information content (AvgIpc) is 3.36. The zero-order chi connectivity index (χ0) is 23.6. The van der Waals surface area contributed by atoms with E-state index in [1.165, 1.54) is 17.8 Å². The fourth-order valence-electron chi connectivity index (χ4n) is 3.38. The van der Waals surface area contributed by atoms with Crippen molar-refractivity contribution in [2.75, 3.05) is 32.0 Å². The molecule has 2 radical (unpaired) electrons. The van der Waals surface area contributed by atoms with Crippen molar-refractivity contribution in [2.24, 2.45) is 0 Å². The van der Waals surface area contributed by atoms with Gasteiger partial charge in [0.2, 0.25) is 0 Å². The Bertz CT molecular complexity index is 1250. The van der Waals surface area contributed by atoms with Crippen molar-refractivity contribution in [3.8, 4) is 11.5 Å². The summed E-state index contributed by atoms with van der Waals surface area (Å²) >= 11 is 8.78. The minimum atomic E-state index is -3.84. The Morgan fingerprint density at radius 2 is 2.06 bits per heavy atom. The summed E-state index contributed by atoms with van der Waals surface area (Å²) in [5.41, 5.74) is 0.772. The molecule has 33 heavy (non-hydrogen) atoms. The number of nitrogens with zero attached hydrogens (tertiary/aromatic N) is 1.